The second-order valence-electron chi connectivity index (χ2n) is 7.03. The van der Waals surface area contributed by atoms with Crippen LogP contribution in [0, 0.1) is 5.92 Å². The van der Waals surface area contributed by atoms with Crippen molar-refractivity contribution in [2.75, 3.05) is 24.6 Å². The molecule has 1 atom stereocenters. The molecule has 21 heavy (non-hydrogen) atoms. The summed E-state index contributed by atoms with van der Waals surface area (Å²) < 4.78 is 1.15. The van der Waals surface area contributed by atoms with E-state index in [9.17, 15) is 5.11 Å². The molecule has 1 aliphatic rings. The number of nitrogens with one attached hydrogen (secondary N) is 1. The second-order valence-corrected chi connectivity index (χ2v) is 7.88. The van der Waals surface area contributed by atoms with Gasteiger partial charge in [-0.05, 0) is 73.2 Å². The van der Waals surface area contributed by atoms with Gasteiger partial charge in [-0.15, -0.1) is 0 Å². The van der Waals surface area contributed by atoms with Gasteiger partial charge in [0.05, 0.1) is 5.69 Å². The Bertz CT molecular complexity index is 470. The van der Waals surface area contributed by atoms with Crippen molar-refractivity contribution in [3.05, 3.63) is 28.2 Å². The van der Waals surface area contributed by atoms with Gasteiger partial charge >= 0.3 is 0 Å². The molecule has 1 saturated heterocycles. The minimum Gasteiger partial charge on any atom is -0.396 e. The van der Waals surface area contributed by atoms with Crippen molar-refractivity contribution in [3.8, 4) is 0 Å². The Balaban J connectivity index is 2.05. The third-order valence-electron chi connectivity index (χ3n) is 3.95. The lowest BCUT2D eigenvalue weighted by atomic mass is 9.98. The summed E-state index contributed by atoms with van der Waals surface area (Å²) in [6.07, 6.45) is 2.29. The number of hydrogen-bond acceptors (Lipinski definition) is 3. The van der Waals surface area contributed by atoms with Crippen LogP contribution in [0.1, 0.15) is 39.2 Å². The smallest absolute Gasteiger partial charge is 0.0510 e. The SMILES string of the molecule is CC(C)(C)NCc1ccc(N2CCCC(CO)C2)c(Br)c1. The fourth-order valence-electron chi connectivity index (χ4n) is 2.72. The standard InChI is InChI=1S/C17H27BrN2O/c1-17(2,3)19-10-13-6-7-16(15(18)9-13)20-8-4-5-14(11-20)12-21/h6-7,9,14,19,21H,4-5,8,10-12H2,1-3H3. The molecular weight excluding hydrogens is 328 g/mol. The van der Waals surface area contributed by atoms with Crippen LogP contribution >= 0.6 is 15.9 Å². The highest BCUT2D eigenvalue weighted by Gasteiger charge is 2.21. The number of hydrogen-bond donors (Lipinski definition) is 2. The number of halogens is 1. The number of piperidine rings is 1. The molecule has 3 nitrogen and oxygen atoms in total. The van der Waals surface area contributed by atoms with Gasteiger partial charge in [-0.2, -0.15) is 0 Å². The first-order valence-electron chi connectivity index (χ1n) is 7.78. The Morgan fingerprint density at radius 2 is 2.14 bits per heavy atom. The lowest BCUT2D eigenvalue weighted by Crippen LogP contribution is -2.37. The van der Waals surface area contributed by atoms with Gasteiger partial charge in [0.25, 0.3) is 0 Å². The second kappa shape index (κ2) is 7.12. The molecule has 1 aliphatic heterocycles. The quantitative estimate of drug-likeness (QED) is 0.867. The summed E-state index contributed by atoms with van der Waals surface area (Å²) >= 11 is 3.71. The third-order valence-corrected chi connectivity index (χ3v) is 4.59. The summed E-state index contributed by atoms with van der Waals surface area (Å²) in [6.45, 7) is 9.74. The summed E-state index contributed by atoms with van der Waals surface area (Å²) in [6, 6.07) is 6.60. The largest absolute Gasteiger partial charge is 0.396 e. The van der Waals surface area contributed by atoms with Gasteiger partial charge in [0, 0.05) is 36.3 Å². The first-order valence-corrected chi connectivity index (χ1v) is 8.57. The molecule has 1 heterocycles. The molecule has 1 unspecified atom stereocenters. The number of aliphatic hydroxyl groups is 1. The first kappa shape index (κ1) is 16.8. The number of nitrogens with zero attached hydrogens (tertiary/aromatic N) is 1. The van der Waals surface area contributed by atoms with Crippen molar-refractivity contribution in [2.24, 2.45) is 5.92 Å². The Morgan fingerprint density at radius 1 is 1.38 bits per heavy atom. The number of anilines is 1. The highest BCUT2D eigenvalue weighted by Crippen LogP contribution is 2.31. The number of rotatable bonds is 4. The molecule has 0 bridgehead atoms. The van der Waals surface area contributed by atoms with E-state index in [2.05, 4.69) is 65.1 Å². The molecule has 1 aromatic carbocycles. The molecule has 0 saturated carbocycles. The summed E-state index contributed by atoms with van der Waals surface area (Å²) in [4.78, 5) is 2.38. The molecule has 2 rings (SSSR count). The van der Waals surface area contributed by atoms with E-state index >= 15 is 0 Å². The normalized spacial score (nSPS) is 19.9. The van der Waals surface area contributed by atoms with E-state index in [1.807, 2.05) is 0 Å². The Hall–Kier alpha value is -0.580. The molecule has 0 aliphatic carbocycles. The fourth-order valence-corrected chi connectivity index (χ4v) is 3.39. The Kier molecular flexibility index (Phi) is 5.69. The van der Waals surface area contributed by atoms with E-state index < -0.39 is 0 Å². The van der Waals surface area contributed by atoms with Crippen molar-refractivity contribution < 1.29 is 5.11 Å². The molecule has 118 valence electrons. The van der Waals surface area contributed by atoms with Gasteiger partial charge in [0.15, 0.2) is 0 Å². The zero-order valence-electron chi connectivity index (χ0n) is 13.3. The van der Waals surface area contributed by atoms with Crippen LogP contribution in [-0.4, -0.2) is 30.3 Å². The average Bonchev–Trinajstić information content (AvgIpc) is 2.44. The minimum atomic E-state index is 0.131. The molecule has 0 radical (unpaired) electrons. The summed E-state index contributed by atoms with van der Waals surface area (Å²) in [5.41, 5.74) is 2.66. The van der Waals surface area contributed by atoms with Gasteiger partial charge in [-0.25, -0.2) is 0 Å². The van der Waals surface area contributed by atoms with E-state index in [0.717, 1.165) is 36.9 Å². The van der Waals surface area contributed by atoms with Crippen LogP contribution in [0.25, 0.3) is 0 Å². The highest BCUT2D eigenvalue weighted by atomic mass is 79.9. The molecule has 2 N–H and O–H groups in total. The van der Waals surface area contributed by atoms with E-state index in [4.69, 9.17) is 0 Å². The van der Waals surface area contributed by atoms with Gasteiger partial charge in [-0.3, -0.25) is 0 Å². The zero-order chi connectivity index (χ0) is 15.5. The van der Waals surface area contributed by atoms with E-state index in [1.165, 1.54) is 11.3 Å². The third kappa shape index (κ3) is 4.97. The van der Waals surface area contributed by atoms with Crippen LogP contribution in [-0.2, 0) is 6.54 Å². The van der Waals surface area contributed by atoms with Gasteiger partial charge in [0.1, 0.15) is 0 Å². The van der Waals surface area contributed by atoms with Crippen LogP contribution in [0.5, 0.6) is 0 Å². The molecular formula is C17H27BrN2O. The maximum Gasteiger partial charge on any atom is 0.0510 e. The maximum absolute atomic E-state index is 9.37. The van der Waals surface area contributed by atoms with Crippen LogP contribution in [0.2, 0.25) is 0 Å². The van der Waals surface area contributed by atoms with Crippen molar-refractivity contribution in [1.82, 2.24) is 5.32 Å². The predicted molar refractivity (Wildman–Crippen MR) is 92.8 cm³/mol. The van der Waals surface area contributed by atoms with Gasteiger partial charge in [0.2, 0.25) is 0 Å². The molecule has 1 aromatic rings. The lowest BCUT2D eigenvalue weighted by Gasteiger charge is -2.34. The topological polar surface area (TPSA) is 35.5 Å². The average molecular weight is 355 g/mol. The zero-order valence-corrected chi connectivity index (χ0v) is 14.9. The van der Waals surface area contributed by atoms with Crippen molar-refractivity contribution in [3.63, 3.8) is 0 Å². The van der Waals surface area contributed by atoms with Crippen molar-refractivity contribution >= 4 is 21.6 Å². The van der Waals surface area contributed by atoms with Crippen LogP contribution in [0.3, 0.4) is 0 Å². The predicted octanol–water partition coefficient (Wildman–Crippen LogP) is 3.55. The lowest BCUT2D eigenvalue weighted by molar-refractivity contribution is 0.208. The van der Waals surface area contributed by atoms with Crippen LogP contribution in [0.15, 0.2) is 22.7 Å². The highest BCUT2D eigenvalue weighted by molar-refractivity contribution is 9.10. The van der Waals surface area contributed by atoms with E-state index in [0.29, 0.717) is 12.5 Å². The van der Waals surface area contributed by atoms with Crippen LogP contribution < -0.4 is 10.2 Å². The fraction of sp³-hybridized carbons (Fsp3) is 0.647. The van der Waals surface area contributed by atoms with E-state index in [-0.39, 0.29) is 5.54 Å². The minimum absolute atomic E-state index is 0.131. The molecule has 0 spiro atoms. The summed E-state index contributed by atoms with van der Waals surface area (Å²) in [5.74, 6) is 0.410. The summed E-state index contributed by atoms with van der Waals surface area (Å²) in [5, 5.41) is 12.9. The van der Waals surface area contributed by atoms with Gasteiger partial charge in [-0.1, -0.05) is 6.07 Å². The number of benzene rings is 1. The van der Waals surface area contributed by atoms with E-state index in [1.54, 1.807) is 0 Å². The van der Waals surface area contributed by atoms with Crippen molar-refractivity contribution in [1.29, 1.82) is 0 Å². The summed E-state index contributed by atoms with van der Waals surface area (Å²) in [7, 11) is 0. The van der Waals surface area contributed by atoms with Crippen LogP contribution in [0.4, 0.5) is 5.69 Å². The monoisotopic (exact) mass is 354 g/mol. The first-order chi connectivity index (χ1) is 9.89. The molecule has 0 amide bonds. The molecule has 0 aromatic heterocycles. The van der Waals surface area contributed by atoms with Crippen molar-refractivity contribution in [2.45, 2.75) is 45.7 Å². The maximum atomic E-state index is 9.37. The molecule has 1 fully saturated rings. The Labute approximate surface area is 136 Å². The Morgan fingerprint density at radius 3 is 2.76 bits per heavy atom. The number of aliphatic hydroxyl groups excluding tert-OH is 1. The van der Waals surface area contributed by atoms with Gasteiger partial charge < -0.3 is 15.3 Å². The molecule has 4 heteroatoms.